The van der Waals surface area contributed by atoms with Crippen LogP contribution in [-0.4, -0.2) is 66.0 Å². The third kappa shape index (κ3) is 8.70. The number of carbonyl (C=O) groups is 3. The number of aromatic nitrogens is 2. The summed E-state index contributed by atoms with van der Waals surface area (Å²) in [6, 6.07) is 21.7. The number of carbonyl (C=O) groups excluding carboxylic acids is 3. The number of ether oxygens (including phenoxy) is 4. The van der Waals surface area contributed by atoms with E-state index in [2.05, 4.69) is 29.8 Å². The predicted molar refractivity (Wildman–Crippen MR) is 167 cm³/mol. The number of hydrogen-bond acceptors (Lipinski definition) is 11. The van der Waals surface area contributed by atoms with Gasteiger partial charge in [-0.25, -0.2) is 18.8 Å². The number of unbranched alkanes of at least 4 members (excludes halogenated alkanes) is 1. The molecule has 1 aliphatic rings. The van der Waals surface area contributed by atoms with Crippen LogP contribution in [0.5, 0.6) is 0 Å². The van der Waals surface area contributed by atoms with Crippen LogP contribution in [0.15, 0.2) is 77.3 Å². The average molecular weight is 647 g/mol. The van der Waals surface area contributed by atoms with Crippen molar-refractivity contribution in [3.63, 3.8) is 0 Å². The zero-order valence-corrected chi connectivity index (χ0v) is 26.1. The van der Waals surface area contributed by atoms with Crippen molar-refractivity contribution in [2.24, 2.45) is 0 Å². The lowest BCUT2D eigenvalue weighted by molar-refractivity contribution is -0.207. The number of methoxy groups -OCH3 is 1. The zero-order valence-electron chi connectivity index (χ0n) is 26.1. The summed E-state index contributed by atoms with van der Waals surface area (Å²) in [4.78, 5) is 42.7. The molecule has 1 amide bonds. The van der Waals surface area contributed by atoms with Gasteiger partial charge in [-0.2, -0.15) is 4.98 Å². The van der Waals surface area contributed by atoms with Crippen molar-refractivity contribution in [3.05, 3.63) is 84.2 Å². The minimum Gasteiger partial charge on any atom is -0.438 e. The predicted octanol–water partition coefficient (Wildman–Crippen LogP) is 6.95. The molecule has 0 atom stereocenters. The Hall–Kier alpha value is -5.30. The minimum absolute atomic E-state index is 0.130. The molecule has 0 radical (unpaired) electrons. The first-order valence-corrected chi connectivity index (χ1v) is 15.2. The third-order valence-corrected chi connectivity index (χ3v) is 7.64. The molecule has 0 saturated carbocycles. The van der Waals surface area contributed by atoms with Crippen LogP contribution >= 0.6 is 0 Å². The Kier molecular flexibility index (Phi) is 10.8. The molecule has 12 nitrogen and oxygen atoms in total. The summed E-state index contributed by atoms with van der Waals surface area (Å²) in [5.41, 5.74) is 3.44. The molecule has 0 bridgehead atoms. The van der Waals surface area contributed by atoms with Crippen molar-refractivity contribution in [3.8, 4) is 34.0 Å². The van der Waals surface area contributed by atoms with Crippen molar-refractivity contribution in [1.82, 2.24) is 20.4 Å². The second-order valence-electron chi connectivity index (χ2n) is 10.9. The van der Waals surface area contributed by atoms with Gasteiger partial charge < -0.3 is 28.8 Å². The van der Waals surface area contributed by atoms with Gasteiger partial charge >= 0.3 is 18.4 Å². The molecule has 246 valence electrons. The summed E-state index contributed by atoms with van der Waals surface area (Å²) >= 11 is 0. The van der Waals surface area contributed by atoms with Crippen LogP contribution in [0, 0.1) is 5.82 Å². The van der Waals surface area contributed by atoms with Crippen LogP contribution in [0.1, 0.15) is 38.2 Å². The van der Waals surface area contributed by atoms with E-state index in [1.54, 1.807) is 12.1 Å². The zero-order chi connectivity index (χ0) is 33.2. The van der Waals surface area contributed by atoms with Gasteiger partial charge in [-0.3, -0.25) is 4.90 Å². The highest BCUT2D eigenvalue weighted by molar-refractivity contribution is 5.80. The molecule has 0 aliphatic carbocycles. The van der Waals surface area contributed by atoms with Crippen LogP contribution in [0.2, 0.25) is 0 Å². The van der Waals surface area contributed by atoms with E-state index in [0.717, 1.165) is 36.6 Å². The van der Waals surface area contributed by atoms with Crippen LogP contribution in [0.3, 0.4) is 0 Å². The van der Waals surface area contributed by atoms with Crippen molar-refractivity contribution in [1.29, 1.82) is 0 Å². The fraction of sp³-hybridized carbons (Fsp3) is 0.324. The smallest absolute Gasteiger partial charge is 0.438 e. The topological polar surface area (TPSA) is 142 Å². The number of benzene rings is 3. The number of rotatable bonds is 10. The summed E-state index contributed by atoms with van der Waals surface area (Å²) < 4.78 is 40.3. The van der Waals surface area contributed by atoms with Crippen LogP contribution in [0.25, 0.3) is 34.0 Å². The molecule has 1 fully saturated rings. The van der Waals surface area contributed by atoms with Gasteiger partial charge in [0.15, 0.2) is 0 Å². The molecule has 13 heteroatoms. The number of nitrogens with zero attached hydrogens (tertiary/aromatic N) is 3. The fourth-order valence-electron chi connectivity index (χ4n) is 5.10. The van der Waals surface area contributed by atoms with Crippen molar-refractivity contribution >= 4 is 18.4 Å². The first kappa shape index (κ1) is 33.1. The highest BCUT2D eigenvalue weighted by Gasteiger charge is 2.43. The maximum Gasteiger partial charge on any atom is 0.520 e. The summed E-state index contributed by atoms with van der Waals surface area (Å²) in [6.45, 7) is 3.68. The molecule has 4 aromatic rings. The van der Waals surface area contributed by atoms with E-state index in [4.69, 9.17) is 14.0 Å². The molecular formula is C34H35FN4O8. The van der Waals surface area contributed by atoms with Crippen molar-refractivity contribution in [2.45, 2.75) is 44.9 Å². The van der Waals surface area contributed by atoms with E-state index in [9.17, 15) is 18.8 Å². The van der Waals surface area contributed by atoms with Crippen molar-refractivity contribution in [2.75, 3.05) is 26.7 Å². The molecule has 2 heterocycles. The van der Waals surface area contributed by atoms with Crippen LogP contribution in [-0.2, 0) is 25.5 Å². The molecule has 3 aromatic carbocycles. The number of hydrogen-bond donors (Lipinski definition) is 1. The highest BCUT2D eigenvalue weighted by Crippen LogP contribution is 2.31. The lowest BCUT2D eigenvalue weighted by Gasteiger charge is -2.39. The van der Waals surface area contributed by atoms with E-state index >= 15 is 0 Å². The number of piperidine rings is 1. The van der Waals surface area contributed by atoms with Gasteiger partial charge in [0.05, 0.1) is 7.11 Å². The van der Waals surface area contributed by atoms with Crippen LogP contribution in [0.4, 0.5) is 18.8 Å². The fourth-order valence-corrected chi connectivity index (χ4v) is 5.10. The molecule has 1 N–H and O–H groups in total. The molecule has 1 aromatic heterocycles. The number of amides is 1. The maximum atomic E-state index is 14.9. The second kappa shape index (κ2) is 15.3. The molecule has 0 unspecified atom stereocenters. The number of likely N-dealkylation sites (tertiary alicyclic amines) is 1. The Morgan fingerprint density at radius 2 is 1.64 bits per heavy atom. The molecule has 47 heavy (non-hydrogen) atoms. The summed E-state index contributed by atoms with van der Waals surface area (Å²) in [5, 5.41) is 6.53. The molecule has 0 spiro atoms. The Morgan fingerprint density at radius 3 is 2.32 bits per heavy atom. The van der Waals surface area contributed by atoms with E-state index in [1.165, 1.54) is 6.07 Å². The Labute approximate surface area is 270 Å². The van der Waals surface area contributed by atoms with Gasteiger partial charge in [0.1, 0.15) is 5.82 Å². The molecule has 1 saturated heterocycles. The Bertz CT molecular complexity index is 1670. The number of nitrogens with one attached hydrogen (secondary N) is 1. The number of alkyl carbamates (subject to hydrolysis) is 1. The summed E-state index contributed by atoms with van der Waals surface area (Å²) in [7, 11) is 1.15. The minimum atomic E-state index is -1.64. The average Bonchev–Trinajstić information content (AvgIpc) is 3.57. The normalized spacial score (nSPS) is 14.2. The summed E-state index contributed by atoms with van der Waals surface area (Å²) in [5.74, 6) is -1.46. The van der Waals surface area contributed by atoms with E-state index in [0.29, 0.717) is 43.1 Å². The van der Waals surface area contributed by atoms with Gasteiger partial charge in [0.25, 0.3) is 11.7 Å². The standard InChI is InChI=1S/C34H35FN4O8/c1-3-4-18-36-31(40)44-33(42)46-34(45-32(41)43-2)16-19-39(20-17-34)22-23-10-12-25(13-11-23)29-37-30(47-38-29)26-14-15-27(28(35)21-26)24-8-6-5-7-9-24/h5-15,21H,3-4,16-20,22H2,1-2H3,(H,36,40). The molecule has 1 aliphatic heterocycles. The third-order valence-electron chi connectivity index (χ3n) is 7.64. The second-order valence-corrected chi connectivity index (χ2v) is 10.9. The van der Waals surface area contributed by atoms with Gasteiger partial charge in [0.2, 0.25) is 5.82 Å². The lowest BCUT2D eigenvalue weighted by atomic mass is 10.0. The highest BCUT2D eigenvalue weighted by atomic mass is 19.1. The Balaban J connectivity index is 1.17. The van der Waals surface area contributed by atoms with Crippen LogP contribution < -0.4 is 5.32 Å². The van der Waals surface area contributed by atoms with Gasteiger partial charge in [-0.15, -0.1) is 0 Å². The molecular weight excluding hydrogens is 611 g/mol. The van der Waals surface area contributed by atoms with Gasteiger partial charge in [-0.05, 0) is 29.7 Å². The van der Waals surface area contributed by atoms with Gasteiger partial charge in [-0.1, -0.05) is 79.2 Å². The van der Waals surface area contributed by atoms with E-state index < -0.39 is 24.2 Å². The quantitative estimate of drug-likeness (QED) is 0.0828. The Morgan fingerprint density at radius 1 is 0.936 bits per heavy atom. The largest absolute Gasteiger partial charge is 0.520 e. The lowest BCUT2D eigenvalue weighted by Crippen LogP contribution is -2.50. The number of halogens is 1. The van der Waals surface area contributed by atoms with E-state index in [-0.39, 0.29) is 24.5 Å². The monoisotopic (exact) mass is 646 g/mol. The maximum absolute atomic E-state index is 14.9. The first-order valence-electron chi connectivity index (χ1n) is 15.2. The van der Waals surface area contributed by atoms with Crippen molar-refractivity contribution < 1.29 is 42.2 Å². The van der Waals surface area contributed by atoms with E-state index in [1.807, 2.05) is 61.5 Å². The van der Waals surface area contributed by atoms with Gasteiger partial charge in [0, 0.05) is 55.7 Å². The first-order chi connectivity index (χ1) is 22.8. The molecule has 5 rings (SSSR count). The SMILES string of the molecule is CCCCNC(=O)OC(=O)OC1(OC(=O)OC)CCN(Cc2ccc(-c3noc(-c4ccc(-c5ccccc5)c(F)c4)n3)cc2)CC1. The summed E-state index contributed by atoms with van der Waals surface area (Å²) in [6.07, 6.45) is -1.39.